The molecular formula is C12H24O4Si. The van der Waals surface area contributed by atoms with Crippen molar-refractivity contribution >= 4 is 14.5 Å². The van der Waals surface area contributed by atoms with Gasteiger partial charge in [-0.25, -0.2) is 4.79 Å². The van der Waals surface area contributed by atoms with Gasteiger partial charge >= 0.3 is 14.5 Å². The highest BCUT2D eigenvalue weighted by Gasteiger charge is 2.29. The van der Waals surface area contributed by atoms with Crippen molar-refractivity contribution in [3.05, 3.63) is 12.2 Å². The van der Waals surface area contributed by atoms with E-state index in [-0.39, 0.29) is 5.57 Å². The average Bonchev–Trinajstić information content (AvgIpc) is 2.24. The highest BCUT2D eigenvalue weighted by Crippen LogP contribution is 2.19. The molecule has 0 aliphatic heterocycles. The minimum absolute atomic E-state index is 0.279. The SMILES string of the molecule is C=C(CCCC[Si](C)(OCC)OCC)C(=O)O. The third-order valence-corrected chi connectivity index (χ3v) is 5.62. The molecule has 17 heavy (non-hydrogen) atoms. The van der Waals surface area contributed by atoms with Gasteiger partial charge in [0.05, 0.1) is 0 Å². The first-order chi connectivity index (χ1) is 7.95. The van der Waals surface area contributed by atoms with E-state index in [0.717, 1.165) is 18.9 Å². The van der Waals surface area contributed by atoms with Crippen LogP contribution in [0.2, 0.25) is 12.6 Å². The Bertz CT molecular complexity index is 247. The smallest absolute Gasteiger partial charge is 0.334 e. The van der Waals surface area contributed by atoms with Crippen molar-refractivity contribution in [2.45, 2.75) is 45.7 Å². The zero-order chi connectivity index (χ0) is 13.3. The number of aliphatic carboxylic acids is 1. The summed E-state index contributed by atoms with van der Waals surface area (Å²) in [6, 6.07) is 0.904. The summed E-state index contributed by atoms with van der Waals surface area (Å²) < 4.78 is 11.4. The highest BCUT2D eigenvalue weighted by atomic mass is 28.4. The molecule has 0 aromatic rings. The average molecular weight is 260 g/mol. The van der Waals surface area contributed by atoms with Gasteiger partial charge in [-0.3, -0.25) is 0 Å². The minimum Gasteiger partial charge on any atom is -0.478 e. The summed E-state index contributed by atoms with van der Waals surface area (Å²) in [5, 5.41) is 8.67. The van der Waals surface area contributed by atoms with Crippen molar-refractivity contribution in [3.63, 3.8) is 0 Å². The molecule has 0 fully saturated rings. The van der Waals surface area contributed by atoms with Crippen molar-refractivity contribution < 1.29 is 18.8 Å². The molecule has 5 heteroatoms. The van der Waals surface area contributed by atoms with E-state index in [9.17, 15) is 4.79 Å². The van der Waals surface area contributed by atoms with Gasteiger partial charge in [-0.1, -0.05) is 13.0 Å². The molecule has 0 aliphatic rings. The minimum atomic E-state index is -2.03. The van der Waals surface area contributed by atoms with Crippen LogP contribution in [-0.4, -0.2) is 32.9 Å². The maximum Gasteiger partial charge on any atom is 0.334 e. The van der Waals surface area contributed by atoms with Gasteiger partial charge in [0, 0.05) is 18.8 Å². The lowest BCUT2D eigenvalue weighted by Crippen LogP contribution is -2.38. The fourth-order valence-corrected chi connectivity index (χ4v) is 4.17. The molecule has 0 spiro atoms. The fraction of sp³-hybridized carbons (Fsp3) is 0.750. The number of carboxylic acid groups (broad SMARTS) is 1. The number of unbranched alkanes of at least 4 members (excludes halogenated alkanes) is 1. The molecule has 0 amide bonds. The lowest BCUT2D eigenvalue weighted by molar-refractivity contribution is -0.132. The predicted octanol–water partition coefficient (Wildman–Crippen LogP) is 2.94. The van der Waals surface area contributed by atoms with E-state index in [1.54, 1.807) is 0 Å². The normalized spacial score (nSPS) is 11.5. The van der Waals surface area contributed by atoms with E-state index in [2.05, 4.69) is 13.1 Å². The summed E-state index contributed by atoms with van der Waals surface area (Å²) in [5.74, 6) is -0.903. The van der Waals surface area contributed by atoms with Crippen LogP contribution >= 0.6 is 0 Å². The first kappa shape index (κ1) is 16.3. The van der Waals surface area contributed by atoms with Crippen LogP contribution in [0, 0.1) is 0 Å². The lowest BCUT2D eigenvalue weighted by atomic mass is 10.1. The van der Waals surface area contributed by atoms with E-state index >= 15 is 0 Å². The van der Waals surface area contributed by atoms with Crippen LogP contribution in [0.4, 0.5) is 0 Å². The highest BCUT2D eigenvalue weighted by molar-refractivity contribution is 6.66. The van der Waals surface area contributed by atoms with E-state index in [1.165, 1.54) is 0 Å². The summed E-state index contributed by atoms with van der Waals surface area (Å²) in [6.45, 7) is 10.9. The van der Waals surface area contributed by atoms with E-state index in [1.807, 2.05) is 13.8 Å². The predicted molar refractivity (Wildman–Crippen MR) is 70.3 cm³/mol. The zero-order valence-electron chi connectivity index (χ0n) is 11.1. The van der Waals surface area contributed by atoms with Gasteiger partial charge in [0.25, 0.3) is 0 Å². The Morgan fingerprint density at radius 2 is 1.76 bits per heavy atom. The van der Waals surface area contributed by atoms with Crippen LogP contribution in [0.25, 0.3) is 0 Å². The van der Waals surface area contributed by atoms with Crippen molar-refractivity contribution in [1.82, 2.24) is 0 Å². The molecule has 0 unspecified atom stereocenters. The number of hydrogen-bond acceptors (Lipinski definition) is 3. The third kappa shape index (κ3) is 7.30. The Kier molecular flexibility index (Phi) is 8.12. The van der Waals surface area contributed by atoms with Crippen LogP contribution in [0.1, 0.15) is 33.1 Å². The monoisotopic (exact) mass is 260 g/mol. The molecule has 0 aromatic carbocycles. The van der Waals surface area contributed by atoms with E-state index < -0.39 is 14.5 Å². The summed E-state index contributed by atoms with van der Waals surface area (Å²) in [5.41, 5.74) is 0.279. The molecule has 0 saturated carbocycles. The van der Waals surface area contributed by atoms with Gasteiger partial charge < -0.3 is 14.0 Å². The Balaban J connectivity index is 3.90. The van der Waals surface area contributed by atoms with Gasteiger partial charge in [-0.05, 0) is 39.3 Å². The summed E-state index contributed by atoms with van der Waals surface area (Å²) in [6.07, 6.45) is 2.29. The Morgan fingerprint density at radius 1 is 1.24 bits per heavy atom. The van der Waals surface area contributed by atoms with Gasteiger partial charge in [0.1, 0.15) is 0 Å². The van der Waals surface area contributed by atoms with Gasteiger partial charge in [0.15, 0.2) is 0 Å². The quantitative estimate of drug-likeness (QED) is 0.373. The first-order valence-corrected chi connectivity index (χ1v) is 8.66. The standard InChI is InChI=1S/C12H24O4Si/c1-5-15-17(4,16-6-2)10-8-7-9-11(3)12(13)14/h3,5-10H2,1-2,4H3,(H,13,14). The second-order valence-electron chi connectivity index (χ2n) is 4.12. The third-order valence-electron chi connectivity index (χ3n) is 2.56. The van der Waals surface area contributed by atoms with Crippen LogP contribution < -0.4 is 0 Å². The molecule has 4 nitrogen and oxygen atoms in total. The van der Waals surface area contributed by atoms with Gasteiger partial charge in [-0.15, -0.1) is 0 Å². The summed E-state index contributed by atoms with van der Waals surface area (Å²) in [4.78, 5) is 10.6. The van der Waals surface area contributed by atoms with Gasteiger partial charge in [0.2, 0.25) is 0 Å². The fourth-order valence-electron chi connectivity index (χ4n) is 1.69. The first-order valence-electron chi connectivity index (χ1n) is 6.14. The van der Waals surface area contributed by atoms with E-state index in [4.69, 9.17) is 14.0 Å². The zero-order valence-corrected chi connectivity index (χ0v) is 12.1. The number of carbonyl (C=O) groups is 1. The van der Waals surface area contributed by atoms with Crippen LogP contribution in [0.3, 0.4) is 0 Å². The van der Waals surface area contributed by atoms with Crippen molar-refractivity contribution in [2.24, 2.45) is 0 Å². The van der Waals surface area contributed by atoms with Crippen molar-refractivity contribution in [3.8, 4) is 0 Å². The number of hydrogen-bond donors (Lipinski definition) is 1. The topological polar surface area (TPSA) is 55.8 Å². The van der Waals surface area contributed by atoms with E-state index in [0.29, 0.717) is 19.6 Å². The molecule has 0 saturated heterocycles. The second kappa shape index (κ2) is 8.44. The van der Waals surface area contributed by atoms with Crippen molar-refractivity contribution in [1.29, 1.82) is 0 Å². The van der Waals surface area contributed by atoms with Crippen LogP contribution in [-0.2, 0) is 13.6 Å². The molecular weight excluding hydrogens is 236 g/mol. The summed E-state index contributed by atoms with van der Waals surface area (Å²) >= 11 is 0. The molecule has 0 atom stereocenters. The number of carboxylic acids is 1. The van der Waals surface area contributed by atoms with Crippen LogP contribution in [0.5, 0.6) is 0 Å². The molecule has 100 valence electrons. The molecule has 1 N–H and O–H groups in total. The van der Waals surface area contributed by atoms with Gasteiger partial charge in [-0.2, -0.15) is 0 Å². The Labute approximate surface area is 105 Å². The molecule has 0 aromatic heterocycles. The maximum absolute atomic E-state index is 10.6. The Morgan fingerprint density at radius 3 is 2.18 bits per heavy atom. The maximum atomic E-state index is 10.6. The molecule has 0 bridgehead atoms. The molecule has 0 heterocycles. The second-order valence-corrected chi connectivity index (χ2v) is 7.46. The Hall–Kier alpha value is -0.653. The van der Waals surface area contributed by atoms with Crippen LogP contribution in [0.15, 0.2) is 12.2 Å². The molecule has 0 rings (SSSR count). The summed E-state index contributed by atoms with van der Waals surface area (Å²) in [7, 11) is -2.03. The molecule has 0 radical (unpaired) electrons. The molecule has 0 aliphatic carbocycles. The van der Waals surface area contributed by atoms with Crippen molar-refractivity contribution in [2.75, 3.05) is 13.2 Å². The largest absolute Gasteiger partial charge is 0.478 e. The number of rotatable bonds is 10. The lowest BCUT2D eigenvalue weighted by Gasteiger charge is -2.25.